The van der Waals surface area contributed by atoms with Crippen molar-refractivity contribution in [3.8, 4) is 0 Å². The maximum atomic E-state index is 12.8. The van der Waals surface area contributed by atoms with Crippen LogP contribution in [0.25, 0.3) is 0 Å². The number of amides is 5. The summed E-state index contributed by atoms with van der Waals surface area (Å²) in [6, 6.07) is 4.86. The summed E-state index contributed by atoms with van der Waals surface area (Å²) in [5.74, 6) is -0.930. The Balaban J connectivity index is 1.36. The van der Waals surface area contributed by atoms with Crippen LogP contribution in [0.1, 0.15) is 47.2 Å². The molecular weight excluding hydrogens is 374 g/mol. The molecule has 2 fully saturated rings. The standard InChI is InChI=1S/C20H25N5O4/c26-17-4-3-16(18(27)24-17)25-11-13-2-1-12(9-15(13)19(25)28)10-22-20(29)23-14-5-7-21-8-6-14/h1-2,9,14,16,21H,3-8,10-11H2,(H2,22,23,29)(H,24,26,27). The predicted octanol–water partition coefficient (Wildman–Crippen LogP) is -0.00120. The van der Waals surface area contributed by atoms with E-state index in [4.69, 9.17) is 0 Å². The van der Waals surface area contributed by atoms with Crippen LogP contribution in [0.3, 0.4) is 0 Å². The largest absolute Gasteiger partial charge is 0.335 e. The number of carbonyl (C=O) groups is 4. The van der Waals surface area contributed by atoms with E-state index in [1.807, 2.05) is 12.1 Å². The molecule has 1 aromatic carbocycles. The normalized spacial score (nSPS) is 22.3. The Bertz CT molecular complexity index is 849. The van der Waals surface area contributed by atoms with Crippen LogP contribution in [0.2, 0.25) is 0 Å². The summed E-state index contributed by atoms with van der Waals surface area (Å²) in [4.78, 5) is 49.9. The maximum Gasteiger partial charge on any atom is 0.315 e. The smallest absolute Gasteiger partial charge is 0.315 e. The highest BCUT2D eigenvalue weighted by atomic mass is 16.2. The molecule has 5 amide bonds. The second kappa shape index (κ2) is 8.20. The van der Waals surface area contributed by atoms with E-state index in [1.54, 1.807) is 6.07 Å². The van der Waals surface area contributed by atoms with Crippen LogP contribution in [-0.2, 0) is 22.7 Å². The Morgan fingerprint density at radius 1 is 1.14 bits per heavy atom. The number of piperidine rings is 2. The van der Waals surface area contributed by atoms with E-state index in [1.165, 1.54) is 4.90 Å². The molecule has 1 unspecified atom stereocenters. The maximum absolute atomic E-state index is 12.8. The summed E-state index contributed by atoms with van der Waals surface area (Å²) < 4.78 is 0. The van der Waals surface area contributed by atoms with Crippen molar-refractivity contribution in [3.63, 3.8) is 0 Å². The van der Waals surface area contributed by atoms with Gasteiger partial charge in [-0.1, -0.05) is 12.1 Å². The lowest BCUT2D eigenvalue weighted by Gasteiger charge is -2.29. The van der Waals surface area contributed by atoms with E-state index in [0.717, 1.165) is 37.1 Å². The Morgan fingerprint density at radius 2 is 1.93 bits per heavy atom. The van der Waals surface area contributed by atoms with Crippen LogP contribution < -0.4 is 21.3 Å². The van der Waals surface area contributed by atoms with Crippen molar-refractivity contribution in [2.24, 2.45) is 0 Å². The zero-order chi connectivity index (χ0) is 20.4. The van der Waals surface area contributed by atoms with Gasteiger partial charge in [0, 0.05) is 31.1 Å². The van der Waals surface area contributed by atoms with Crippen molar-refractivity contribution in [1.29, 1.82) is 0 Å². The lowest BCUT2D eigenvalue weighted by atomic mass is 10.0. The molecule has 9 heteroatoms. The van der Waals surface area contributed by atoms with Gasteiger partial charge in [0.1, 0.15) is 6.04 Å². The summed E-state index contributed by atoms with van der Waals surface area (Å²) in [6.45, 7) is 2.48. The summed E-state index contributed by atoms with van der Waals surface area (Å²) in [5.41, 5.74) is 2.22. The van der Waals surface area contributed by atoms with Crippen LogP contribution >= 0.6 is 0 Å². The average Bonchev–Trinajstić information content (AvgIpc) is 3.03. The number of hydrogen-bond acceptors (Lipinski definition) is 5. The minimum absolute atomic E-state index is 0.180. The van der Waals surface area contributed by atoms with Gasteiger partial charge < -0.3 is 20.9 Å². The molecule has 4 N–H and O–H groups in total. The van der Waals surface area contributed by atoms with E-state index in [2.05, 4.69) is 21.3 Å². The zero-order valence-corrected chi connectivity index (χ0v) is 16.1. The molecule has 9 nitrogen and oxygen atoms in total. The monoisotopic (exact) mass is 399 g/mol. The van der Waals surface area contributed by atoms with Gasteiger partial charge in [0.05, 0.1) is 0 Å². The highest BCUT2D eigenvalue weighted by molar-refractivity contribution is 6.05. The average molecular weight is 399 g/mol. The van der Waals surface area contributed by atoms with Gasteiger partial charge in [-0.15, -0.1) is 0 Å². The second-order valence-corrected chi connectivity index (χ2v) is 7.74. The third-order valence-corrected chi connectivity index (χ3v) is 5.72. The zero-order valence-electron chi connectivity index (χ0n) is 16.1. The van der Waals surface area contributed by atoms with Gasteiger partial charge in [0.15, 0.2) is 0 Å². The molecule has 1 atom stereocenters. The Kier molecular flexibility index (Phi) is 5.48. The third kappa shape index (κ3) is 4.24. The number of imide groups is 1. The summed E-state index contributed by atoms with van der Waals surface area (Å²) in [6.07, 6.45) is 2.40. The first-order valence-corrected chi connectivity index (χ1v) is 10.0. The molecule has 0 bridgehead atoms. The van der Waals surface area contributed by atoms with Crippen molar-refractivity contribution in [3.05, 3.63) is 34.9 Å². The number of urea groups is 1. The van der Waals surface area contributed by atoms with Gasteiger partial charge in [-0.3, -0.25) is 19.7 Å². The van der Waals surface area contributed by atoms with Crippen LogP contribution in [-0.4, -0.2) is 53.8 Å². The summed E-state index contributed by atoms with van der Waals surface area (Å²) in [5, 5.41) is 11.4. The SMILES string of the molecule is O=C1CCC(N2Cc3ccc(CNC(=O)NC4CCNCC4)cc3C2=O)C(=O)N1. The van der Waals surface area contributed by atoms with E-state index in [9.17, 15) is 19.2 Å². The molecule has 0 aromatic heterocycles. The first-order valence-electron chi connectivity index (χ1n) is 10.0. The molecule has 0 radical (unpaired) electrons. The molecule has 29 heavy (non-hydrogen) atoms. The molecule has 3 aliphatic rings. The van der Waals surface area contributed by atoms with E-state index >= 15 is 0 Å². The molecule has 2 saturated heterocycles. The fraction of sp³-hybridized carbons (Fsp3) is 0.500. The number of nitrogens with zero attached hydrogens (tertiary/aromatic N) is 1. The van der Waals surface area contributed by atoms with Crippen LogP contribution in [0.5, 0.6) is 0 Å². The Hall–Kier alpha value is -2.94. The number of hydrogen-bond donors (Lipinski definition) is 4. The lowest BCUT2D eigenvalue weighted by Crippen LogP contribution is -2.52. The first-order chi connectivity index (χ1) is 14.0. The van der Waals surface area contributed by atoms with Crippen LogP contribution in [0.4, 0.5) is 4.79 Å². The number of nitrogens with one attached hydrogen (secondary N) is 4. The lowest BCUT2D eigenvalue weighted by molar-refractivity contribution is -0.136. The van der Waals surface area contributed by atoms with Crippen molar-refractivity contribution < 1.29 is 19.2 Å². The Labute approximate surface area is 168 Å². The number of benzene rings is 1. The van der Waals surface area contributed by atoms with Gasteiger partial charge in [-0.05, 0) is 49.5 Å². The number of carbonyl (C=O) groups excluding carboxylic acids is 4. The van der Waals surface area contributed by atoms with Crippen LogP contribution in [0.15, 0.2) is 18.2 Å². The van der Waals surface area contributed by atoms with Gasteiger partial charge in [0.2, 0.25) is 11.8 Å². The molecule has 3 heterocycles. The van der Waals surface area contributed by atoms with Gasteiger partial charge in [0.25, 0.3) is 5.91 Å². The molecule has 154 valence electrons. The van der Waals surface area contributed by atoms with Crippen molar-refractivity contribution in [2.45, 2.75) is 50.9 Å². The van der Waals surface area contributed by atoms with E-state index in [-0.39, 0.29) is 30.3 Å². The molecule has 3 aliphatic heterocycles. The number of rotatable bonds is 4. The molecule has 4 rings (SSSR count). The van der Waals surface area contributed by atoms with Gasteiger partial charge in [-0.2, -0.15) is 0 Å². The quantitative estimate of drug-likeness (QED) is 0.531. The third-order valence-electron chi connectivity index (χ3n) is 5.72. The highest BCUT2D eigenvalue weighted by Gasteiger charge is 2.39. The van der Waals surface area contributed by atoms with Gasteiger partial charge in [-0.25, -0.2) is 4.79 Å². The minimum Gasteiger partial charge on any atom is -0.335 e. The first kappa shape index (κ1) is 19.4. The summed E-state index contributed by atoms with van der Waals surface area (Å²) in [7, 11) is 0. The highest BCUT2D eigenvalue weighted by Crippen LogP contribution is 2.28. The fourth-order valence-electron chi connectivity index (χ4n) is 4.10. The van der Waals surface area contributed by atoms with Gasteiger partial charge >= 0.3 is 6.03 Å². The molecule has 0 aliphatic carbocycles. The molecule has 0 saturated carbocycles. The van der Waals surface area contributed by atoms with E-state index in [0.29, 0.717) is 25.1 Å². The van der Waals surface area contributed by atoms with E-state index < -0.39 is 11.9 Å². The van der Waals surface area contributed by atoms with Crippen molar-refractivity contribution in [1.82, 2.24) is 26.2 Å². The molecule has 0 spiro atoms. The predicted molar refractivity (Wildman–Crippen MR) is 104 cm³/mol. The van der Waals surface area contributed by atoms with Crippen LogP contribution in [0, 0.1) is 0 Å². The second-order valence-electron chi connectivity index (χ2n) is 7.74. The van der Waals surface area contributed by atoms with Crippen molar-refractivity contribution in [2.75, 3.05) is 13.1 Å². The minimum atomic E-state index is -0.620. The van der Waals surface area contributed by atoms with Crippen molar-refractivity contribution >= 4 is 23.8 Å². The Morgan fingerprint density at radius 3 is 2.69 bits per heavy atom. The molecule has 1 aromatic rings. The topological polar surface area (TPSA) is 120 Å². The summed E-state index contributed by atoms with van der Waals surface area (Å²) >= 11 is 0. The number of fused-ring (bicyclic) bond motifs is 1. The fourth-order valence-corrected chi connectivity index (χ4v) is 4.10. The molecular formula is C20H25N5O4.